The second-order valence-corrected chi connectivity index (χ2v) is 7.53. The molecule has 0 aliphatic carbocycles. The highest BCUT2D eigenvalue weighted by Crippen LogP contribution is 2.32. The fourth-order valence-electron chi connectivity index (χ4n) is 2.28. The summed E-state index contributed by atoms with van der Waals surface area (Å²) in [5.41, 5.74) is 5.38. The van der Waals surface area contributed by atoms with Gasteiger partial charge in [0.15, 0.2) is 0 Å². The van der Waals surface area contributed by atoms with Crippen LogP contribution >= 0.6 is 6.72 Å². The van der Waals surface area contributed by atoms with Crippen molar-refractivity contribution in [1.29, 1.82) is 0 Å². The van der Waals surface area contributed by atoms with Crippen LogP contribution in [0.2, 0.25) is 0 Å². The van der Waals surface area contributed by atoms with E-state index in [4.69, 9.17) is 10.6 Å². The van der Waals surface area contributed by atoms with Crippen molar-refractivity contribution in [3.63, 3.8) is 0 Å². The summed E-state index contributed by atoms with van der Waals surface area (Å²) in [6.07, 6.45) is 2.61. The SMILES string of the molecule is NCCCCCC(=O)N1C[C@H](O)C[C@H]1COP([O-])(O)=S. The van der Waals surface area contributed by atoms with Crippen molar-refractivity contribution in [2.75, 3.05) is 19.7 Å². The lowest BCUT2D eigenvalue weighted by atomic mass is 10.1. The van der Waals surface area contributed by atoms with Gasteiger partial charge >= 0.3 is 0 Å². The summed E-state index contributed by atoms with van der Waals surface area (Å²) < 4.78 is 4.69. The number of carbonyl (C=O) groups excluding carboxylic acids is 1. The lowest BCUT2D eigenvalue weighted by Crippen LogP contribution is -2.38. The largest absolute Gasteiger partial charge is 0.780 e. The lowest BCUT2D eigenvalue weighted by molar-refractivity contribution is -0.202. The van der Waals surface area contributed by atoms with Crippen LogP contribution in [0.25, 0.3) is 0 Å². The molecule has 1 aliphatic heterocycles. The number of rotatable bonds is 8. The van der Waals surface area contributed by atoms with Crippen molar-refractivity contribution in [3.05, 3.63) is 0 Å². The van der Waals surface area contributed by atoms with Gasteiger partial charge in [-0.05, 0) is 25.8 Å². The van der Waals surface area contributed by atoms with Crippen LogP contribution < -0.4 is 10.6 Å². The number of nitrogens with zero attached hydrogens (tertiary/aromatic N) is 1. The fraction of sp³-hybridized carbons (Fsp3) is 0.909. The molecule has 0 aromatic rings. The Morgan fingerprint density at radius 2 is 2.20 bits per heavy atom. The summed E-state index contributed by atoms with van der Waals surface area (Å²) in [5, 5.41) is 9.63. The molecule has 1 amide bonds. The fourth-order valence-corrected chi connectivity index (χ4v) is 2.82. The first-order valence-electron chi connectivity index (χ1n) is 6.69. The Hall–Kier alpha value is -0.0800. The Bertz CT molecular complexity index is 365. The van der Waals surface area contributed by atoms with E-state index in [-0.39, 0.29) is 19.1 Å². The summed E-state index contributed by atoms with van der Waals surface area (Å²) in [6.45, 7) is -3.26. The van der Waals surface area contributed by atoms with E-state index in [1.165, 1.54) is 4.90 Å². The minimum absolute atomic E-state index is 0.0793. The molecule has 7 nitrogen and oxygen atoms in total. The van der Waals surface area contributed by atoms with Gasteiger partial charge < -0.3 is 30.1 Å². The molecular formula is C11H22N2O5PS-. The predicted molar refractivity (Wildman–Crippen MR) is 76.1 cm³/mol. The molecule has 1 fully saturated rings. The van der Waals surface area contributed by atoms with Crippen molar-refractivity contribution in [2.24, 2.45) is 5.73 Å². The smallest absolute Gasteiger partial charge is 0.222 e. The van der Waals surface area contributed by atoms with Crippen LogP contribution in [-0.4, -0.2) is 52.6 Å². The number of likely N-dealkylation sites (tertiary alicyclic amines) is 1. The van der Waals surface area contributed by atoms with E-state index < -0.39 is 18.9 Å². The van der Waals surface area contributed by atoms with Gasteiger partial charge in [-0.3, -0.25) is 4.79 Å². The maximum absolute atomic E-state index is 12.1. The summed E-state index contributed by atoms with van der Waals surface area (Å²) in [4.78, 5) is 33.5. The van der Waals surface area contributed by atoms with Crippen LogP contribution in [-0.2, 0) is 21.1 Å². The number of aliphatic hydroxyl groups excluding tert-OH is 1. The third-order valence-electron chi connectivity index (χ3n) is 3.24. The molecule has 1 aliphatic rings. The first-order valence-corrected chi connectivity index (χ1v) is 9.28. The zero-order valence-electron chi connectivity index (χ0n) is 11.3. The Balaban J connectivity index is 2.44. The summed E-state index contributed by atoms with van der Waals surface area (Å²) in [5.74, 6) is -0.0793. The molecule has 0 aromatic heterocycles. The lowest BCUT2D eigenvalue weighted by Gasteiger charge is -2.28. The molecule has 1 heterocycles. The Labute approximate surface area is 124 Å². The molecule has 0 spiro atoms. The number of amides is 1. The molecular weight excluding hydrogens is 303 g/mol. The van der Waals surface area contributed by atoms with Gasteiger partial charge in [-0.1, -0.05) is 18.2 Å². The summed E-state index contributed by atoms with van der Waals surface area (Å²) in [7, 11) is 0. The highest BCUT2D eigenvalue weighted by atomic mass is 32.5. The number of hydrogen-bond donors (Lipinski definition) is 3. The van der Waals surface area contributed by atoms with Crippen LogP contribution in [0.3, 0.4) is 0 Å². The molecule has 20 heavy (non-hydrogen) atoms. The van der Waals surface area contributed by atoms with Crippen LogP contribution in [0.4, 0.5) is 0 Å². The summed E-state index contributed by atoms with van der Waals surface area (Å²) in [6, 6.07) is -0.393. The second kappa shape index (κ2) is 8.38. The third kappa shape index (κ3) is 6.58. The standard InChI is InChI=1S/C11H23N2O5PS/c12-5-3-1-2-4-11(15)13-7-10(14)6-9(13)8-18-19(16,17)20/h9-10,14H,1-8,12H2,(H2,16,17,20)/p-1/t9-,10+/m0/s1. The number of unbranched alkanes of at least 4 members (excludes halogenated alkanes) is 2. The van der Waals surface area contributed by atoms with Gasteiger partial charge in [-0.25, -0.2) is 0 Å². The van der Waals surface area contributed by atoms with Gasteiger partial charge in [0.25, 0.3) is 0 Å². The molecule has 0 radical (unpaired) electrons. The number of β-amino-alcohol motifs (C(OH)–C–C–N with tert-alkyl or cyclic N) is 1. The maximum Gasteiger partial charge on any atom is 0.222 e. The van der Waals surface area contributed by atoms with E-state index in [9.17, 15) is 14.8 Å². The van der Waals surface area contributed by atoms with Gasteiger partial charge in [0.05, 0.1) is 18.8 Å². The monoisotopic (exact) mass is 325 g/mol. The second-order valence-electron chi connectivity index (χ2n) is 4.95. The van der Waals surface area contributed by atoms with Gasteiger partial charge in [0.2, 0.25) is 5.91 Å². The molecule has 9 heteroatoms. The van der Waals surface area contributed by atoms with Crippen molar-refractivity contribution < 1.29 is 24.2 Å². The van der Waals surface area contributed by atoms with Crippen molar-refractivity contribution in [3.8, 4) is 0 Å². The maximum atomic E-state index is 12.1. The zero-order chi connectivity index (χ0) is 15.2. The number of aliphatic hydroxyl groups is 1. The molecule has 1 rings (SSSR count). The molecule has 0 aromatic carbocycles. The Morgan fingerprint density at radius 1 is 1.50 bits per heavy atom. The van der Waals surface area contributed by atoms with E-state index in [1.807, 2.05) is 0 Å². The molecule has 1 saturated heterocycles. The average molecular weight is 325 g/mol. The van der Waals surface area contributed by atoms with Gasteiger partial charge in [0.1, 0.15) is 6.72 Å². The zero-order valence-corrected chi connectivity index (χ0v) is 13.0. The predicted octanol–water partition coefficient (Wildman–Crippen LogP) is -0.939. The third-order valence-corrected chi connectivity index (χ3v) is 4.03. The molecule has 0 saturated carbocycles. The van der Waals surface area contributed by atoms with Crippen molar-refractivity contribution in [1.82, 2.24) is 4.90 Å². The normalized spacial score (nSPS) is 25.7. The van der Waals surface area contributed by atoms with Crippen molar-refractivity contribution >= 4 is 24.4 Å². The van der Waals surface area contributed by atoms with E-state index in [0.29, 0.717) is 19.4 Å². The topological polar surface area (TPSA) is 119 Å². The van der Waals surface area contributed by atoms with Gasteiger partial charge in [-0.15, -0.1) is 0 Å². The quantitative estimate of drug-likeness (QED) is 0.389. The van der Waals surface area contributed by atoms with Crippen molar-refractivity contribution in [2.45, 2.75) is 44.2 Å². The molecule has 1 unspecified atom stereocenters. The number of carbonyl (C=O) groups is 1. The first-order chi connectivity index (χ1) is 9.33. The molecule has 4 N–H and O–H groups in total. The Kier molecular flexibility index (Phi) is 7.53. The van der Waals surface area contributed by atoms with Crippen LogP contribution in [0.15, 0.2) is 0 Å². The highest BCUT2D eigenvalue weighted by molar-refractivity contribution is 8.06. The van der Waals surface area contributed by atoms with Crippen LogP contribution in [0, 0.1) is 0 Å². The van der Waals surface area contributed by atoms with Crippen LogP contribution in [0.5, 0.6) is 0 Å². The minimum atomic E-state index is -3.98. The van der Waals surface area contributed by atoms with E-state index in [1.54, 1.807) is 0 Å². The van der Waals surface area contributed by atoms with Gasteiger partial charge in [0, 0.05) is 13.0 Å². The average Bonchev–Trinajstić information content (AvgIpc) is 2.72. The first kappa shape index (κ1) is 18.0. The van der Waals surface area contributed by atoms with E-state index in [2.05, 4.69) is 16.3 Å². The number of hydrogen-bond acceptors (Lipinski definition) is 6. The molecule has 3 atom stereocenters. The molecule has 118 valence electrons. The molecule has 0 bridgehead atoms. The number of nitrogens with two attached hydrogens (primary N) is 1. The minimum Gasteiger partial charge on any atom is -0.780 e. The van der Waals surface area contributed by atoms with Gasteiger partial charge in [-0.2, -0.15) is 0 Å². The van der Waals surface area contributed by atoms with E-state index >= 15 is 0 Å². The van der Waals surface area contributed by atoms with Crippen LogP contribution in [0.1, 0.15) is 32.1 Å². The highest BCUT2D eigenvalue weighted by Gasteiger charge is 2.34. The Morgan fingerprint density at radius 3 is 2.80 bits per heavy atom. The van der Waals surface area contributed by atoms with E-state index in [0.717, 1.165) is 19.3 Å². The summed E-state index contributed by atoms with van der Waals surface area (Å²) >= 11 is 4.26.